The van der Waals surface area contributed by atoms with E-state index in [1.165, 1.54) is 89.5 Å². The predicted octanol–water partition coefficient (Wildman–Crippen LogP) is 7.05. The van der Waals surface area contributed by atoms with Crippen molar-refractivity contribution in [3.05, 3.63) is 55.6 Å². The van der Waals surface area contributed by atoms with Crippen LogP contribution in [0.25, 0.3) is 0 Å². The average molecular weight is 453 g/mol. The molecule has 0 spiro atoms. The smallest absolute Gasteiger partial charge is 0.0477 e. The highest BCUT2D eigenvalue weighted by molar-refractivity contribution is 6.32. The topological polar surface area (TPSA) is 52.0 Å². The molecular formula is C29H41ClN2. The molecule has 0 radical (unpaired) electrons. The van der Waals surface area contributed by atoms with Gasteiger partial charge >= 0.3 is 0 Å². The molecule has 2 nitrogen and oxygen atoms in total. The number of aryl methyl sites for hydroxylation is 2. The quantitative estimate of drug-likeness (QED) is 0.420. The molecule has 1 atom stereocenters. The third-order valence-electron chi connectivity index (χ3n) is 7.39. The molecule has 6 rings (SSSR count). The number of hydrogen-bond acceptors (Lipinski definition) is 2. The third-order valence-corrected chi connectivity index (χ3v) is 7.84. The van der Waals surface area contributed by atoms with E-state index < -0.39 is 0 Å². The zero-order valence-corrected chi connectivity index (χ0v) is 21.3. The van der Waals surface area contributed by atoms with Gasteiger partial charge in [0.25, 0.3) is 0 Å². The first kappa shape index (κ1) is 23.5. The van der Waals surface area contributed by atoms with Gasteiger partial charge in [-0.05, 0) is 127 Å². The molecule has 0 saturated carbocycles. The Morgan fingerprint density at radius 1 is 0.688 bits per heavy atom. The summed E-state index contributed by atoms with van der Waals surface area (Å²) in [5.74, 6) is 1.54. The van der Waals surface area contributed by atoms with Crippen LogP contribution in [0.3, 0.4) is 0 Å². The van der Waals surface area contributed by atoms with Crippen molar-refractivity contribution in [2.45, 2.75) is 98.3 Å². The molecule has 0 aliphatic heterocycles. The molecular weight excluding hydrogens is 412 g/mol. The minimum absolute atomic E-state index is 0.710. The van der Waals surface area contributed by atoms with Crippen LogP contribution in [-0.2, 0) is 51.4 Å². The fourth-order valence-corrected chi connectivity index (χ4v) is 6.42. The van der Waals surface area contributed by atoms with E-state index in [0.29, 0.717) is 5.92 Å². The van der Waals surface area contributed by atoms with Gasteiger partial charge in [0.05, 0.1) is 0 Å². The van der Waals surface area contributed by atoms with Crippen molar-refractivity contribution in [2.24, 2.45) is 11.8 Å². The second-order valence-corrected chi connectivity index (χ2v) is 11.4. The number of anilines is 2. The van der Waals surface area contributed by atoms with Gasteiger partial charge in [0.2, 0.25) is 0 Å². The number of benzene rings is 2. The lowest BCUT2D eigenvalue weighted by molar-refractivity contribution is 0.628. The Balaban J connectivity index is 0.000000133. The summed E-state index contributed by atoms with van der Waals surface area (Å²) in [5, 5.41) is 1.04. The maximum Gasteiger partial charge on any atom is 0.0477 e. The van der Waals surface area contributed by atoms with Crippen molar-refractivity contribution in [3.8, 4) is 0 Å². The molecule has 1 unspecified atom stereocenters. The highest BCUT2D eigenvalue weighted by Crippen LogP contribution is 2.44. The average Bonchev–Trinajstić information content (AvgIpc) is 3.51. The third kappa shape index (κ3) is 4.53. The summed E-state index contributed by atoms with van der Waals surface area (Å²) in [6.07, 6.45) is 13.3. The summed E-state index contributed by atoms with van der Waals surface area (Å²) in [6.45, 7) is 8.78. The number of fused-ring (bicyclic) bond motifs is 4. The zero-order chi connectivity index (χ0) is 23.0. The van der Waals surface area contributed by atoms with E-state index in [0.717, 1.165) is 48.0 Å². The SMILES string of the molecule is CC(C)C.CC1Cc2c(N)c3c(c(Cl)c2C1)CCC3.Nc1c2c(cc3c1CCC3)CCC2. The Morgan fingerprint density at radius 3 is 1.72 bits per heavy atom. The van der Waals surface area contributed by atoms with Gasteiger partial charge in [0, 0.05) is 16.4 Å². The van der Waals surface area contributed by atoms with Crippen LogP contribution >= 0.6 is 11.6 Å². The summed E-state index contributed by atoms with van der Waals surface area (Å²) in [6, 6.07) is 2.42. The number of halogens is 1. The molecule has 0 amide bonds. The predicted molar refractivity (Wildman–Crippen MR) is 140 cm³/mol. The van der Waals surface area contributed by atoms with Gasteiger partial charge in [0.1, 0.15) is 0 Å². The first-order chi connectivity index (χ1) is 15.3. The Morgan fingerprint density at radius 2 is 1.12 bits per heavy atom. The minimum atomic E-state index is 0.710. The summed E-state index contributed by atoms with van der Waals surface area (Å²) in [5.41, 5.74) is 26.1. The monoisotopic (exact) mass is 452 g/mol. The molecule has 4 aliphatic rings. The Hall–Kier alpha value is -1.67. The van der Waals surface area contributed by atoms with Gasteiger partial charge in [-0.1, -0.05) is 45.4 Å². The molecule has 174 valence electrons. The van der Waals surface area contributed by atoms with E-state index >= 15 is 0 Å². The fourth-order valence-electron chi connectivity index (χ4n) is 6.02. The molecule has 4 N–H and O–H groups in total. The van der Waals surface area contributed by atoms with Crippen LogP contribution < -0.4 is 11.5 Å². The maximum absolute atomic E-state index is 6.48. The molecule has 2 aromatic carbocycles. The normalized spacial score (nSPS) is 19.5. The van der Waals surface area contributed by atoms with Crippen LogP contribution in [-0.4, -0.2) is 0 Å². The molecule has 0 aromatic heterocycles. The van der Waals surface area contributed by atoms with E-state index in [1.807, 2.05) is 0 Å². The molecule has 3 heteroatoms. The number of rotatable bonds is 0. The lowest BCUT2D eigenvalue weighted by atomic mass is 9.99. The fraction of sp³-hybridized carbons (Fsp3) is 0.586. The first-order valence-electron chi connectivity index (χ1n) is 12.8. The van der Waals surface area contributed by atoms with Gasteiger partial charge in [-0.3, -0.25) is 0 Å². The number of nitrogens with two attached hydrogens (primary N) is 2. The summed E-state index contributed by atoms with van der Waals surface area (Å²) < 4.78 is 0. The van der Waals surface area contributed by atoms with Gasteiger partial charge < -0.3 is 11.5 Å². The lowest BCUT2D eigenvalue weighted by Crippen LogP contribution is -2.01. The van der Waals surface area contributed by atoms with E-state index in [2.05, 4.69) is 33.8 Å². The molecule has 0 saturated heterocycles. The minimum Gasteiger partial charge on any atom is -0.398 e. The van der Waals surface area contributed by atoms with E-state index in [-0.39, 0.29) is 0 Å². The van der Waals surface area contributed by atoms with Crippen LogP contribution in [0.5, 0.6) is 0 Å². The van der Waals surface area contributed by atoms with Crippen LogP contribution in [0.2, 0.25) is 5.02 Å². The largest absolute Gasteiger partial charge is 0.398 e. The summed E-state index contributed by atoms with van der Waals surface area (Å²) >= 11 is 6.48. The van der Waals surface area contributed by atoms with Gasteiger partial charge in [-0.2, -0.15) is 0 Å². The van der Waals surface area contributed by atoms with E-state index in [1.54, 1.807) is 0 Å². The molecule has 0 heterocycles. The summed E-state index contributed by atoms with van der Waals surface area (Å²) in [4.78, 5) is 0. The zero-order valence-electron chi connectivity index (χ0n) is 20.5. The van der Waals surface area contributed by atoms with Crippen molar-refractivity contribution in [1.82, 2.24) is 0 Å². The Bertz CT molecular complexity index is 931. The van der Waals surface area contributed by atoms with Gasteiger partial charge in [-0.15, -0.1) is 0 Å². The second kappa shape index (κ2) is 9.67. The molecule has 2 aromatic rings. The van der Waals surface area contributed by atoms with Crippen molar-refractivity contribution in [3.63, 3.8) is 0 Å². The lowest BCUT2D eigenvalue weighted by Gasteiger charge is -2.13. The molecule has 4 aliphatic carbocycles. The molecule has 0 bridgehead atoms. The van der Waals surface area contributed by atoms with E-state index in [9.17, 15) is 0 Å². The van der Waals surface area contributed by atoms with Crippen molar-refractivity contribution < 1.29 is 0 Å². The first-order valence-corrected chi connectivity index (χ1v) is 13.2. The van der Waals surface area contributed by atoms with Crippen LogP contribution in [0, 0.1) is 11.8 Å². The van der Waals surface area contributed by atoms with Crippen LogP contribution in [0.15, 0.2) is 6.07 Å². The van der Waals surface area contributed by atoms with Gasteiger partial charge in [0.15, 0.2) is 0 Å². The van der Waals surface area contributed by atoms with Gasteiger partial charge in [-0.25, -0.2) is 0 Å². The standard InChI is InChI=1S/C13H16ClN.C12H15N.C4H10/c1-7-5-10-11(6-7)13(15)9-4-2-3-8(9)12(10)14;13-12-10-5-1-3-8(10)7-9-4-2-6-11(9)12;1-4(2)3/h7H,2-6,15H2,1H3;7H,1-6,13H2;4H,1-3H3. The van der Waals surface area contributed by atoms with Crippen molar-refractivity contribution in [1.29, 1.82) is 0 Å². The van der Waals surface area contributed by atoms with Crippen LogP contribution in [0.4, 0.5) is 11.4 Å². The second-order valence-electron chi connectivity index (χ2n) is 11.0. The molecule has 32 heavy (non-hydrogen) atoms. The Labute approximate surface area is 200 Å². The molecule has 0 fully saturated rings. The van der Waals surface area contributed by atoms with Crippen molar-refractivity contribution in [2.75, 3.05) is 11.5 Å². The van der Waals surface area contributed by atoms with E-state index in [4.69, 9.17) is 23.1 Å². The van der Waals surface area contributed by atoms with Crippen LogP contribution in [0.1, 0.15) is 91.5 Å². The highest BCUT2D eigenvalue weighted by Gasteiger charge is 2.29. The van der Waals surface area contributed by atoms with Crippen molar-refractivity contribution >= 4 is 23.0 Å². The summed E-state index contributed by atoms with van der Waals surface area (Å²) in [7, 11) is 0. The highest BCUT2D eigenvalue weighted by atomic mass is 35.5. The number of hydrogen-bond donors (Lipinski definition) is 2. The number of nitrogen functional groups attached to an aromatic ring is 2. The maximum atomic E-state index is 6.48. The Kier molecular flexibility index (Phi) is 7.10.